The monoisotopic (exact) mass is 351 g/mol. The lowest BCUT2D eigenvalue weighted by atomic mass is 10.1. The molecule has 0 aliphatic carbocycles. The van der Waals surface area contributed by atoms with Gasteiger partial charge in [0, 0.05) is 16.6 Å². The molecule has 1 unspecified atom stereocenters. The summed E-state index contributed by atoms with van der Waals surface area (Å²) in [5.41, 5.74) is 2.81. The van der Waals surface area contributed by atoms with Crippen molar-refractivity contribution < 1.29 is 14.3 Å². The lowest BCUT2D eigenvalue weighted by Crippen LogP contribution is -2.25. The van der Waals surface area contributed by atoms with Crippen LogP contribution >= 0.6 is 11.3 Å². The summed E-state index contributed by atoms with van der Waals surface area (Å²) >= 11 is 1.40. The van der Waals surface area contributed by atoms with Crippen LogP contribution in [0.1, 0.15) is 27.6 Å². The lowest BCUT2D eigenvalue weighted by Gasteiger charge is -2.18. The second-order valence-corrected chi connectivity index (χ2v) is 6.34. The van der Waals surface area contributed by atoms with E-state index in [1.165, 1.54) is 11.3 Å². The van der Waals surface area contributed by atoms with Gasteiger partial charge in [0.1, 0.15) is 0 Å². The van der Waals surface area contributed by atoms with E-state index >= 15 is 0 Å². The Balaban J connectivity index is 1.81. The van der Waals surface area contributed by atoms with Crippen molar-refractivity contribution in [2.45, 2.75) is 13.0 Å². The number of carbonyl (C=O) groups excluding carboxylic acids is 2. The Hall–Kier alpha value is -2.92. The minimum absolute atomic E-state index is 0.390. The van der Waals surface area contributed by atoms with Crippen molar-refractivity contribution in [3.05, 3.63) is 88.1 Å². The number of hydrogen-bond donors (Lipinski definition) is 1. The molecular formula is C20H17NO3S. The zero-order valence-corrected chi connectivity index (χ0v) is 14.5. The van der Waals surface area contributed by atoms with Crippen LogP contribution in [0.25, 0.3) is 0 Å². The molecule has 1 aromatic heterocycles. The Morgan fingerprint density at radius 3 is 2.36 bits per heavy atom. The van der Waals surface area contributed by atoms with Crippen molar-refractivity contribution in [1.82, 2.24) is 0 Å². The van der Waals surface area contributed by atoms with Gasteiger partial charge in [0.2, 0.25) is 6.10 Å². The van der Waals surface area contributed by atoms with Gasteiger partial charge in [0.05, 0.1) is 5.56 Å². The van der Waals surface area contributed by atoms with E-state index < -0.39 is 18.0 Å². The standard InChI is InChI=1S/C20H17NO3S/c1-14-7-9-17(10-8-14)21-19(22)18(15-5-3-2-4-6-15)24-20(23)16-11-12-25-13-16/h2-13,18H,1H3,(H,21,22). The van der Waals surface area contributed by atoms with Crippen LogP contribution in [0.4, 0.5) is 5.69 Å². The van der Waals surface area contributed by atoms with Crippen LogP contribution < -0.4 is 5.32 Å². The molecule has 0 fully saturated rings. The molecule has 1 atom stereocenters. The summed E-state index contributed by atoms with van der Waals surface area (Å²) in [6, 6.07) is 18.1. The molecule has 5 heteroatoms. The molecule has 3 aromatic rings. The molecule has 0 bridgehead atoms. The number of amides is 1. The highest BCUT2D eigenvalue weighted by Gasteiger charge is 2.25. The van der Waals surface area contributed by atoms with Gasteiger partial charge < -0.3 is 10.1 Å². The third-order valence-corrected chi connectivity index (χ3v) is 4.32. The molecule has 0 aliphatic rings. The number of aryl methyl sites for hydroxylation is 1. The third kappa shape index (κ3) is 4.33. The highest BCUT2D eigenvalue weighted by molar-refractivity contribution is 7.08. The van der Waals surface area contributed by atoms with Crippen LogP contribution in [0.5, 0.6) is 0 Å². The SMILES string of the molecule is Cc1ccc(NC(=O)C(OC(=O)c2ccsc2)c2ccccc2)cc1. The van der Waals surface area contributed by atoms with Crippen molar-refractivity contribution in [1.29, 1.82) is 0 Å². The first kappa shape index (κ1) is 16.9. The van der Waals surface area contributed by atoms with Gasteiger partial charge in [-0.25, -0.2) is 4.79 Å². The minimum atomic E-state index is -1.02. The van der Waals surface area contributed by atoms with E-state index in [1.54, 1.807) is 41.1 Å². The van der Waals surface area contributed by atoms with Crippen LogP contribution in [0.2, 0.25) is 0 Å². The van der Waals surface area contributed by atoms with E-state index in [4.69, 9.17) is 4.74 Å². The van der Waals surface area contributed by atoms with Gasteiger partial charge in [0.25, 0.3) is 5.91 Å². The molecule has 0 aliphatic heterocycles. The van der Waals surface area contributed by atoms with E-state index in [2.05, 4.69) is 5.32 Å². The predicted molar refractivity (Wildman–Crippen MR) is 98.7 cm³/mol. The van der Waals surface area contributed by atoms with E-state index in [1.807, 2.05) is 37.3 Å². The number of ether oxygens (including phenoxy) is 1. The van der Waals surface area contributed by atoms with Gasteiger partial charge in [-0.2, -0.15) is 11.3 Å². The van der Waals surface area contributed by atoms with Crippen LogP contribution in [-0.4, -0.2) is 11.9 Å². The molecule has 2 aromatic carbocycles. The zero-order chi connectivity index (χ0) is 17.6. The molecule has 1 heterocycles. The second kappa shape index (κ2) is 7.77. The summed E-state index contributed by atoms with van der Waals surface area (Å²) in [6.45, 7) is 1.97. The molecule has 4 nitrogen and oxygen atoms in total. The number of esters is 1. The number of carbonyl (C=O) groups is 2. The maximum atomic E-state index is 12.7. The van der Waals surface area contributed by atoms with E-state index in [0.717, 1.165) is 5.56 Å². The van der Waals surface area contributed by atoms with Crippen LogP contribution in [0.15, 0.2) is 71.4 Å². The molecule has 126 valence electrons. The van der Waals surface area contributed by atoms with Crippen molar-refractivity contribution in [3.63, 3.8) is 0 Å². The Morgan fingerprint density at radius 2 is 1.72 bits per heavy atom. The largest absolute Gasteiger partial charge is 0.444 e. The van der Waals surface area contributed by atoms with Crippen LogP contribution in [0.3, 0.4) is 0 Å². The van der Waals surface area contributed by atoms with Gasteiger partial charge in [-0.1, -0.05) is 48.0 Å². The highest BCUT2D eigenvalue weighted by Crippen LogP contribution is 2.22. The second-order valence-electron chi connectivity index (χ2n) is 5.56. The Morgan fingerprint density at radius 1 is 1.00 bits per heavy atom. The van der Waals surface area contributed by atoms with Gasteiger partial charge in [-0.15, -0.1) is 0 Å². The van der Waals surface area contributed by atoms with Gasteiger partial charge in [-0.05, 0) is 30.5 Å². The first-order valence-corrected chi connectivity index (χ1v) is 8.73. The van der Waals surface area contributed by atoms with Crippen LogP contribution in [0, 0.1) is 6.92 Å². The molecule has 0 saturated heterocycles. The predicted octanol–water partition coefficient (Wildman–Crippen LogP) is 4.59. The molecule has 1 amide bonds. The summed E-state index contributed by atoms with van der Waals surface area (Å²) in [5, 5.41) is 6.29. The quantitative estimate of drug-likeness (QED) is 0.684. The fourth-order valence-corrected chi connectivity index (χ4v) is 2.93. The molecule has 0 radical (unpaired) electrons. The van der Waals surface area contributed by atoms with Crippen molar-refractivity contribution >= 4 is 28.9 Å². The fourth-order valence-electron chi connectivity index (χ4n) is 2.30. The first-order valence-electron chi connectivity index (χ1n) is 7.79. The number of rotatable bonds is 5. The normalized spacial score (nSPS) is 11.6. The topological polar surface area (TPSA) is 55.4 Å². The van der Waals surface area contributed by atoms with Crippen molar-refractivity contribution in [2.24, 2.45) is 0 Å². The van der Waals surface area contributed by atoms with Gasteiger partial charge >= 0.3 is 5.97 Å². The summed E-state index contributed by atoms with van der Waals surface area (Å²) in [5.74, 6) is -0.909. The van der Waals surface area contributed by atoms with Crippen molar-refractivity contribution in [3.8, 4) is 0 Å². The number of thiophene rings is 1. The van der Waals surface area contributed by atoms with E-state index in [9.17, 15) is 9.59 Å². The summed E-state index contributed by atoms with van der Waals surface area (Å²) in [7, 11) is 0. The zero-order valence-electron chi connectivity index (χ0n) is 13.6. The third-order valence-electron chi connectivity index (χ3n) is 3.64. The number of benzene rings is 2. The number of anilines is 1. The van der Waals surface area contributed by atoms with Gasteiger partial charge in [0.15, 0.2) is 0 Å². The number of hydrogen-bond acceptors (Lipinski definition) is 4. The maximum absolute atomic E-state index is 12.7. The van der Waals surface area contributed by atoms with E-state index in [0.29, 0.717) is 16.8 Å². The minimum Gasteiger partial charge on any atom is -0.444 e. The summed E-state index contributed by atoms with van der Waals surface area (Å²) in [4.78, 5) is 25.0. The summed E-state index contributed by atoms with van der Waals surface area (Å²) < 4.78 is 5.49. The average molecular weight is 351 g/mol. The van der Waals surface area contributed by atoms with Crippen molar-refractivity contribution in [2.75, 3.05) is 5.32 Å². The molecule has 0 spiro atoms. The lowest BCUT2D eigenvalue weighted by molar-refractivity contribution is -0.125. The number of nitrogens with one attached hydrogen (secondary N) is 1. The molecule has 1 N–H and O–H groups in total. The first-order chi connectivity index (χ1) is 12.1. The molecular weight excluding hydrogens is 334 g/mol. The fraction of sp³-hybridized carbons (Fsp3) is 0.100. The summed E-state index contributed by atoms with van der Waals surface area (Å²) in [6.07, 6.45) is -1.02. The Bertz CT molecular complexity index is 842. The van der Waals surface area contributed by atoms with E-state index in [-0.39, 0.29) is 0 Å². The highest BCUT2D eigenvalue weighted by atomic mass is 32.1. The smallest absolute Gasteiger partial charge is 0.340 e. The van der Waals surface area contributed by atoms with Crippen LogP contribution in [-0.2, 0) is 9.53 Å². The Kier molecular flexibility index (Phi) is 5.26. The average Bonchev–Trinajstić information content (AvgIpc) is 3.17. The molecule has 0 saturated carbocycles. The molecule has 3 rings (SSSR count). The molecule has 25 heavy (non-hydrogen) atoms. The van der Waals surface area contributed by atoms with Gasteiger partial charge in [-0.3, -0.25) is 4.79 Å². The maximum Gasteiger partial charge on any atom is 0.340 e. The Labute approximate surface area is 150 Å².